The average molecular weight is 900 g/mol. The van der Waals surface area contributed by atoms with Gasteiger partial charge in [0.1, 0.15) is 18.4 Å². The van der Waals surface area contributed by atoms with Gasteiger partial charge in [0.15, 0.2) is 24.4 Å². The number of aromatic amines is 1. The van der Waals surface area contributed by atoms with Crippen LogP contribution in [-0.2, 0) is 47.5 Å². The number of aliphatic hydroxyl groups excluding tert-OH is 2. The van der Waals surface area contributed by atoms with Gasteiger partial charge in [0.05, 0.1) is 40.8 Å². The van der Waals surface area contributed by atoms with Gasteiger partial charge in [-0.1, -0.05) is 0 Å². The highest BCUT2D eigenvalue weighted by Crippen LogP contribution is 2.36. The number of nitrogen functional groups attached to an aromatic ring is 1. The number of nitrogens with two attached hydrogens (primary N) is 1. The van der Waals surface area contributed by atoms with Crippen LogP contribution in [-0.4, -0.2) is 89.7 Å². The lowest BCUT2D eigenvalue weighted by Crippen LogP contribution is -2.55. The Bertz CT molecular complexity index is 2690. The maximum absolute atomic E-state index is 14.4. The maximum atomic E-state index is 14.4. The summed E-state index contributed by atoms with van der Waals surface area (Å²) in [5.41, 5.74) is 3.77. The number of aliphatic hydroxyl groups is 2. The number of nitriles is 1. The third-order valence-corrected chi connectivity index (χ3v) is 10.4. The van der Waals surface area contributed by atoms with Crippen LogP contribution in [0.15, 0.2) is 78.9 Å². The van der Waals surface area contributed by atoms with E-state index in [0.29, 0.717) is 5.39 Å². The molecule has 0 aliphatic carbocycles. The molecule has 0 radical (unpaired) electrons. The normalized spacial score (nSPS) is 18.1. The minimum absolute atomic E-state index is 0.0465. The summed E-state index contributed by atoms with van der Waals surface area (Å²) in [5.74, 6) is -5.12. The zero-order valence-electron chi connectivity index (χ0n) is 32.7. The molecular formula is C41H34F7N8O8+. The number of nitrogens with zero attached hydrogens (tertiary/aromatic N) is 4. The number of alkyl halides is 6. The fourth-order valence-electron chi connectivity index (χ4n) is 7.14. The highest BCUT2D eigenvalue weighted by Gasteiger charge is 2.42. The Balaban J connectivity index is 1.06. The number of carbonyl (C=O) groups is 4. The number of nitrogens with one attached hydrogen (secondary N) is 3. The predicted octanol–water partition coefficient (Wildman–Crippen LogP) is 3.60. The standard InChI is InChI=1S/C41H33F7N8O8/c42-29-16-23(4-1-20(29)18-49)51-36(59)32(58)34-39(62)55(12-14-64-34)26-8-10-28(41(46,47)48)21(15-26)19-56-35(50)27-9-5-24(17-30(27)53-56)52-37(60)31(57)33-38(61)54(11-13-63-33)25-6-2-22(3-7-25)40(43,44)45/h1-10,15-17,31-34,57-58H,11-14,19H2,(H4,50,51,52,53,59,60)/p+1. The number of H-pyrrole nitrogens is 1. The van der Waals surface area contributed by atoms with E-state index >= 15 is 0 Å². The van der Waals surface area contributed by atoms with Gasteiger partial charge in [-0.2, -0.15) is 36.3 Å². The summed E-state index contributed by atoms with van der Waals surface area (Å²) in [5, 5.41) is 38.3. The first-order valence-corrected chi connectivity index (χ1v) is 19.0. The van der Waals surface area contributed by atoms with Crippen molar-refractivity contribution in [1.29, 1.82) is 5.26 Å². The van der Waals surface area contributed by atoms with Crippen LogP contribution in [0.1, 0.15) is 22.3 Å². The van der Waals surface area contributed by atoms with Gasteiger partial charge in [-0.25, -0.2) is 9.49 Å². The number of ether oxygens (including phenoxy) is 2. The molecule has 1 aromatic heterocycles. The summed E-state index contributed by atoms with van der Waals surface area (Å²) < 4.78 is 108. The number of aromatic nitrogens is 2. The Morgan fingerprint density at radius 2 is 1.36 bits per heavy atom. The van der Waals surface area contributed by atoms with Crippen LogP contribution in [0.3, 0.4) is 0 Å². The third-order valence-electron chi connectivity index (χ3n) is 10.4. The number of fused-ring (bicyclic) bond motifs is 1. The first-order valence-electron chi connectivity index (χ1n) is 19.0. The summed E-state index contributed by atoms with van der Waals surface area (Å²) in [4.78, 5) is 54.8. The van der Waals surface area contributed by atoms with Crippen LogP contribution < -0.4 is 30.8 Å². The van der Waals surface area contributed by atoms with E-state index in [2.05, 4.69) is 15.7 Å². The van der Waals surface area contributed by atoms with Gasteiger partial charge in [0.2, 0.25) is 0 Å². The Kier molecular flexibility index (Phi) is 12.3. The van der Waals surface area contributed by atoms with Gasteiger partial charge in [-0.05, 0) is 78.9 Å². The largest absolute Gasteiger partial charge is 0.416 e. The molecule has 3 heterocycles. The van der Waals surface area contributed by atoms with Crippen LogP contribution >= 0.6 is 0 Å². The van der Waals surface area contributed by atoms with Crippen LogP contribution in [0.25, 0.3) is 10.9 Å². The van der Waals surface area contributed by atoms with Crippen molar-refractivity contribution in [3.05, 3.63) is 107 Å². The predicted molar refractivity (Wildman–Crippen MR) is 209 cm³/mol. The van der Waals surface area contributed by atoms with Gasteiger partial charge in [0, 0.05) is 41.4 Å². The number of anilines is 5. The van der Waals surface area contributed by atoms with E-state index in [0.717, 1.165) is 69.1 Å². The quantitative estimate of drug-likeness (QED) is 0.0882. The summed E-state index contributed by atoms with van der Waals surface area (Å²) in [6, 6.07) is 15.4. The molecule has 2 aliphatic rings. The van der Waals surface area contributed by atoms with Crippen molar-refractivity contribution in [2.75, 3.05) is 52.5 Å². The van der Waals surface area contributed by atoms with Gasteiger partial charge in [0.25, 0.3) is 23.6 Å². The smallest absolute Gasteiger partial charge is 0.380 e. The molecule has 0 bridgehead atoms. The minimum Gasteiger partial charge on any atom is -0.380 e. The average Bonchev–Trinajstić information content (AvgIpc) is 3.55. The van der Waals surface area contributed by atoms with Crippen molar-refractivity contribution in [2.24, 2.45) is 0 Å². The summed E-state index contributed by atoms with van der Waals surface area (Å²) >= 11 is 0. The van der Waals surface area contributed by atoms with E-state index in [1.54, 1.807) is 6.07 Å². The number of hydrogen-bond donors (Lipinski definition) is 6. The zero-order valence-corrected chi connectivity index (χ0v) is 32.7. The number of rotatable bonds is 10. The van der Waals surface area contributed by atoms with Crippen molar-refractivity contribution < 1.29 is 74.3 Å². The molecule has 4 aromatic carbocycles. The van der Waals surface area contributed by atoms with Crippen molar-refractivity contribution in [3.63, 3.8) is 0 Å². The van der Waals surface area contributed by atoms with E-state index < -0.39 is 83.9 Å². The molecule has 2 aliphatic heterocycles. The number of benzene rings is 4. The van der Waals surface area contributed by atoms with Crippen molar-refractivity contribution in [1.82, 2.24) is 5.10 Å². The molecule has 7 rings (SSSR count). The lowest BCUT2D eigenvalue weighted by molar-refractivity contribution is -0.727. The molecule has 0 saturated carbocycles. The lowest BCUT2D eigenvalue weighted by atomic mass is 10.0. The molecule has 7 N–H and O–H groups in total. The van der Waals surface area contributed by atoms with E-state index in [4.69, 9.17) is 20.5 Å². The molecular weight excluding hydrogens is 865 g/mol. The molecule has 2 saturated heterocycles. The Labute approximate surface area is 356 Å². The van der Waals surface area contributed by atoms with Crippen molar-refractivity contribution in [2.45, 2.75) is 43.3 Å². The van der Waals surface area contributed by atoms with E-state index in [1.165, 1.54) is 24.3 Å². The lowest BCUT2D eigenvalue weighted by Gasteiger charge is -2.34. The fourth-order valence-corrected chi connectivity index (χ4v) is 7.14. The topological polar surface area (TPSA) is 227 Å². The highest BCUT2D eigenvalue weighted by molar-refractivity contribution is 6.05. The highest BCUT2D eigenvalue weighted by atomic mass is 19.4. The van der Waals surface area contributed by atoms with Crippen LogP contribution in [0.4, 0.5) is 59.3 Å². The first-order chi connectivity index (χ1) is 30.2. The monoisotopic (exact) mass is 899 g/mol. The van der Waals surface area contributed by atoms with E-state index in [-0.39, 0.29) is 71.5 Å². The second-order valence-corrected chi connectivity index (χ2v) is 14.5. The SMILES string of the molecule is N#Cc1ccc(NC(=O)C(O)C2OCCN(c3ccc(C(F)(F)F)c(C[n+]4[nH]c5cc(NC(=O)C(O)C6OCCN(c7ccc(C(F)(F)F)cc7)C6=O)ccc5c4N)c3)C2=O)cc1F. The Morgan fingerprint density at radius 3 is 1.91 bits per heavy atom. The molecule has 334 valence electrons. The molecule has 2 fully saturated rings. The molecule has 0 spiro atoms. The Morgan fingerprint density at radius 1 is 0.812 bits per heavy atom. The number of carbonyl (C=O) groups excluding carboxylic acids is 4. The van der Waals surface area contributed by atoms with Crippen LogP contribution in [0, 0.1) is 17.1 Å². The zero-order chi connectivity index (χ0) is 46.2. The van der Waals surface area contributed by atoms with E-state index in [9.17, 15) is 60.1 Å². The van der Waals surface area contributed by atoms with Gasteiger partial charge in [-0.3, -0.25) is 24.9 Å². The van der Waals surface area contributed by atoms with Gasteiger partial charge >= 0.3 is 18.2 Å². The number of halogens is 7. The summed E-state index contributed by atoms with van der Waals surface area (Å²) in [7, 11) is 0. The molecule has 4 unspecified atom stereocenters. The van der Waals surface area contributed by atoms with Crippen molar-refractivity contribution in [3.8, 4) is 6.07 Å². The second-order valence-electron chi connectivity index (χ2n) is 14.5. The molecule has 16 nitrogen and oxygen atoms in total. The molecule has 23 heteroatoms. The molecule has 4 atom stereocenters. The fraction of sp³-hybridized carbons (Fsp3) is 0.268. The van der Waals surface area contributed by atoms with E-state index in [1.807, 2.05) is 0 Å². The van der Waals surface area contributed by atoms with Crippen LogP contribution in [0.2, 0.25) is 0 Å². The molecule has 64 heavy (non-hydrogen) atoms. The Hall–Kier alpha value is -7.13. The summed E-state index contributed by atoms with van der Waals surface area (Å²) in [6.07, 6.45) is -17.3. The molecule has 4 amide bonds. The van der Waals surface area contributed by atoms with Gasteiger partial charge in [-0.15, -0.1) is 0 Å². The third kappa shape index (κ3) is 9.16. The number of hydrogen-bond acceptors (Lipinski definition) is 10. The number of morpholine rings is 2. The second kappa shape index (κ2) is 17.6. The number of amides is 4. The van der Waals surface area contributed by atoms with Crippen molar-refractivity contribution >= 4 is 63.1 Å². The maximum Gasteiger partial charge on any atom is 0.416 e. The van der Waals surface area contributed by atoms with Gasteiger partial charge < -0.3 is 40.1 Å². The minimum atomic E-state index is -4.89. The summed E-state index contributed by atoms with van der Waals surface area (Å²) in [6.45, 7) is -1.20. The first kappa shape index (κ1) is 44.9. The molecule has 5 aromatic rings. The van der Waals surface area contributed by atoms with Crippen LogP contribution in [0.5, 0.6) is 0 Å².